The van der Waals surface area contributed by atoms with Crippen LogP contribution in [0.1, 0.15) is 25.5 Å². The lowest BCUT2D eigenvalue weighted by atomic mass is 10.1. The third-order valence-corrected chi connectivity index (χ3v) is 2.48. The van der Waals surface area contributed by atoms with Gasteiger partial charge in [0.25, 0.3) is 0 Å². The van der Waals surface area contributed by atoms with Gasteiger partial charge in [-0.25, -0.2) is 9.18 Å². The fourth-order valence-electron chi connectivity index (χ4n) is 1.66. The van der Waals surface area contributed by atoms with Gasteiger partial charge in [-0.15, -0.1) is 0 Å². The standard InChI is InChI=1S/C12H13FN2O/c1-8(2)11-7-14-12(16)15(11)10-5-3-9(13)4-6-10/h3-8H,1-2H3,(H,14,16). The SMILES string of the molecule is CC(C)c1c[nH]c(=O)n1-c1ccc(F)cc1. The van der Waals surface area contributed by atoms with Gasteiger partial charge in [0, 0.05) is 11.9 Å². The third-order valence-electron chi connectivity index (χ3n) is 2.48. The van der Waals surface area contributed by atoms with Crippen LogP contribution in [0.15, 0.2) is 35.3 Å². The molecular weight excluding hydrogens is 207 g/mol. The molecule has 0 unspecified atom stereocenters. The molecule has 0 radical (unpaired) electrons. The van der Waals surface area contributed by atoms with Gasteiger partial charge in [-0.05, 0) is 30.2 Å². The maximum absolute atomic E-state index is 12.8. The van der Waals surface area contributed by atoms with Gasteiger partial charge in [0.05, 0.1) is 5.69 Å². The van der Waals surface area contributed by atoms with Crippen molar-refractivity contribution in [2.75, 3.05) is 0 Å². The Kier molecular flexibility index (Phi) is 2.64. The van der Waals surface area contributed by atoms with Crippen LogP contribution in [0.2, 0.25) is 0 Å². The van der Waals surface area contributed by atoms with Crippen LogP contribution >= 0.6 is 0 Å². The van der Waals surface area contributed by atoms with E-state index < -0.39 is 0 Å². The summed E-state index contributed by atoms with van der Waals surface area (Å²) in [5.41, 5.74) is 1.36. The average molecular weight is 220 g/mol. The van der Waals surface area contributed by atoms with Crippen molar-refractivity contribution in [3.05, 3.63) is 52.5 Å². The predicted octanol–water partition coefficient (Wildman–Crippen LogP) is 2.43. The normalized spacial score (nSPS) is 11.0. The largest absolute Gasteiger partial charge is 0.330 e. The molecule has 0 amide bonds. The fourth-order valence-corrected chi connectivity index (χ4v) is 1.66. The minimum absolute atomic E-state index is 0.199. The van der Waals surface area contributed by atoms with E-state index in [0.717, 1.165) is 5.69 Å². The van der Waals surface area contributed by atoms with Gasteiger partial charge >= 0.3 is 5.69 Å². The number of nitrogens with one attached hydrogen (secondary N) is 1. The minimum atomic E-state index is -0.307. The summed E-state index contributed by atoms with van der Waals surface area (Å²) in [4.78, 5) is 14.3. The zero-order valence-corrected chi connectivity index (χ0v) is 9.20. The van der Waals surface area contributed by atoms with Crippen molar-refractivity contribution in [1.29, 1.82) is 0 Å². The quantitative estimate of drug-likeness (QED) is 0.829. The van der Waals surface area contributed by atoms with E-state index in [4.69, 9.17) is 0 Å². The molecule has 0 fully saturated rings. The first-order chi connectivity index (χ1) is 7.59. The first kappa shape index (κ1) is 10.7. The van der Waals surface area contributed by atoms with Crippen LogP contribution in [-0.4, -0.2) is 9.55 Å². The highest BCUT2D eigenvalue weighted by Crippen LogP contribution is 2.16. The lowest BCUT2D eigenvalue weighted by Gasteiger charge is -2.09. The summed E-state index contributed by atoms with van der Waals surface area (Å²) in [7, 11) is 0. The van der Waals surface area contributed by atoms with E-state index in [9.17, 15) is 9.18 Å². The van der Waals surface area contributed by atoms with E-state index in [1.165, 1.54) is 12.1 Å². The number of aromatic nitrogens is 2. The Balaban J connectivity index is 2.59. The van der Waals surface area contributed by atoms with Crippen LogP contribution in [0.25, 0.3) is 5.69 Å². The van der Waals surface area contributed by atoms with Crippen molar-refractivity contribution in [3.8, 4) is 5.69 Å². The molecule has 2 rings (SSSR count). The topological polar surface area (TPSA) is 37.8 Å². The number of hydrogen-bond donors (Lipinski definition) is 1. The molecule has 0 aliphatic rings. The number of nitrogens with zero attached hydrogens (tertiary/aromatic N) is 1. The molecule has 0 bridgehead atoms. The van der Waals surface area contributed by atoms with E-state index in [1.807, 2.05) is 13.8 Å². The second kappa shape index (κ2) is 3.96. The highest BCUT2D eigenvalue weighted by molar-refractivity contribution is 5.34. The summed E-state index contributed by atoms with van der Waals surface area (Å²) in [6.45, 7) is 4.01. The zero-order valence-electron chi connectivity index (χ0n) is 9.20. The van der Waals surface area contributed by atoms with E-state index in [2.05, 4.69) is 4.98 Å². The summed E-state index contributed by atoms with van der Waals surface area (Å²) < 4.78 is 14.4. The maximum atomic E-state index is 12.8. The van der Waals surface area contributed by atoms with Crippen molar-refractivity contribution in [2.45, 2.75) is 19.8 Å². The molecule has 1 N–H and O–H groups in total. The lowest BCUT2D eigenvalue weighted by Crippen LogP contribution is -2.17. The third kappa shape index (κ3) is 1.78. The van der Waals surface area contributed by atoms with E-state index >= 15 is 0 Å². The Morgan fingerprint density at radius 3 is 2.44 bits per heavy atom. The monoisotopic (exact) mass is 220 g/mol. The summed E-state index contributed by atoms with van der Waals surface area (Å²) in [5.74, 6) is -0.0811. The van der Waals surface area contributed by atoms with Crippen LogP contribution in [-0.2, 0) is 0 Å². The molecule has 16 heavy (non-hydrogen) atoms. The number of rotatable bonds is 2. The molecule has 0 saturated heterocycles. The number of H-pyrrole nitrogens is 1. The average Bonchev–Trinajstić information content (AvgIpc) is 2.62. The Bertz CT molecular complexity index is 537. The minimum Gasteiger partial charge on any atom is -0.312 e. The van der Waals surface area contributed by atoms with Crippen molar-refractivity contribution in [2.24, 2.45) is 0 Å². The van der Waals surface area contributed by atoms with Gasteiger partial charge in [-0.1, -0.05) is 13.8 Å². The van der Waals surface area contributed by atoms with Crippen molar-refractivity contribution in [1.82, 2.24) is 9.55 Å². The molecule has 0 saturated carbocycles. The van der Waals surface area contributed by atoms with Gasteiger partial charge in [-0.3, -0.25) is 4.57 Å². The number of imidazole rings is 1. The van der Waals surface area contributed by atoms with Gasteiger partial charge in [0.1, 0.15) is 5.82 Å². The molecule has 3 nitrogen and oxygen atoms in total. The van der Waals surface area contributed by atoms with Crippen LogP contribution < -0.4 is 5.69 Å². The summed E-state index contributed by atoms with van der Waals surface area (Å²) >= 11 is 0. The highest BCUT2D eigenvalue weighted by atomic mass is 19.1. The van der Waals surface area contributed by atoms with E-state index in [0.29, 0.717) is 5.69 Å². The molecule has 0 atom stereocenters. The second-order valence-electron chi connectivity index (χ2n) is 3.99. The Morgan fingerprint density at radius 2 is 1.88 bits per heavy atom. The fraction of sp³-hybridized carbons (Fsp3) is 0.250. The van der Waals surface area contributed by atoms with Gasteiger partial charge in [-0.2, -0.15) is 0 Å². The number of aromatic amines is 1. The molecule has 0 aliphatic heterocycles. The molecule has 1 aromatic carbocycles. The molecule has 4 heteroatoms. The molecule has 2 aromatic rings. The molecule has 1 aromatic heterocycles. The summed E-state index contributed by atoms with van der Waals surface area (Å²) in [5, 5.41) is 0. The summed E-state index contributed by atoms with van der Waals surface area (Å²) in [6, 6.07) is 5.88. The number of hydrogen-bond acceptors (Lipinski definition) is 1. The van der Waals surface area contributed by atoms with E-state index in [-0.39, 0.29) is 17.4 Å². The summed E-state index contributed by atoms with van der Waals surface area (Å²) in [6.07, 6.45) is 1.69. The van der Waals surface area contributed by atoms with Crippen molar-refractivity contribution < 1.29 is 4.39 Å². The second-order valence-corrected chi connectivity index (χ2v) is 3.99. The maximum Gasteiger partial charge on any atom is 0.330 e. The van der Waals surface area contributed by atoms with Crippen molar-refractivity contribution >= 4 is 0 Å². The smallest absolute Gasteiger partial charge is 0.312 e. The van der Waals surface area contributed by atoms with Crippen LogP contribution in [0.4, 0.5) is 4.39 Å². The molecule has 0 spiro atoms. The number of benzene rings is 1. The Morgan fingerprint density at radius 1 is 1.25 bits per heavy atom. The zero-order chi connectivity index (χ0) is 11.7. The van der Waals surface area contributed by atoms with Crippen LogP contribution in [0.3, 0.4) is 0 Å². The van der Waals surface area contributed by atoms with Crippen LogP contribution in [0, 0.1) is 5.82 Å². The first-order valence-electron chi connectivity index (χ1n) is 5.16. The molecule has 0 aliphatic carbocycles. The van der Waals surface area contributed by atoms with Gasteiger partial charge in [0.2, 0.25) is 0 Å². The van der Waals surface area contributed by atoms with Crippen LogP contribution in [0.5, 0.6) is 0 Å². The van der Waals surface area contributed by atoms with Gasteiger partial charge in [0.15, 0.2) is 0 Å². The van der Waals surface area contributed by atoms with Crippen molar-refractivity contribution in [3.63, 3.8) is 0 Å². The Labute approximate surface area is 92.5 Å². The lowest BCUT2D eigenvalue weighted by molar-refractivity contribution is 0.627. The molecule has 84 valence electrons. The Hall–Kier alpha value is -1.84. The van der Waals surface area contributed by atoms with E-state index in [1.54, 1.807) is 22.9 Å². The first-order valence-corrected chi connectivity index (χ1v) is 5.16. The predicted molar refractivity (Wildman–Crippen MR) is 60.4 cm³/mol. The van der Waals surface area contributed by atoms with Gasteiger partial charge < -0.3 is 4.98 Å². The molecule has 1 heterocycles. The highest BCUT2D eigenvalue weighted by Gasteiger charge is 2.11. The molecular formula is C12H13FN2O. The number of halogens is 1.